The van der Waals surface area contributed by atoms with Gasteiger partial charge in [0.25, 0.3) is 0 Å². The standard InChI is InChI=1S/C17H27FN2/c1-3-9-19-11-15-7-8-17(18)16(10-15)13-20(4-2)12-14-5-6-14/h7-8,10,14,19H,3-6,9,11-13H2,1-2H3. The Kier molecular flexibility index (Phi) is 5.99. The smallest absolute Gasteiger partial charge is 0.127 e. The van der Waals surface area contributed by atoms with E-state index in [-0.39, 0.29) is 5.82 Å². The van der Waals surface area contributed by atoms with Crippen LogP contribution in [0.4, 0.5) is 4.39 Å². The van der Waals surface area contributed by atoms with E-state index in [9.17, 15) is 4.39 Å². The van der Waals surface area contributed by atoms with Gasteiger partial charge in [-0.1, -0.05) is 26.0 Å². The van der Waals surface area contributed by atoms with Gasteiger partial charge in [-0.05, 0) is 49.9 Å². The number of hydrogen-bond donors (Lipinski definition) is 1. The molecule has 2 nitrogen and oxygen atoms in total. The van der Waals surface area contributed by atoms with E-state index >= 15 is 0 Å². The third-order valence-electron chi connectivity index (χ3n) is 3.92. The fourth-order valence-corrected chi connectivity index (χ4v) is 2.48. The van der Waals surface area contributed by atoms with Gasteiger partial charge in [-0.25, -0.2) is 4.39 Å². The maximum atomic E-state index is 14.0. The zero-order valence-electron chi connectivity index (χ0n) is 12.8. The zero-order valence-corrected chi connectivity index (χ0v) is 12.8. The fraction of sp³-hybridized carbons (Fsp3) is 0.647. The number of benzene rings is 1. The third kappa shape index (κ3) is 4.88. The number of nitrogens with zero attached hydrogens (tertiary/aromatic N) is 1. The molecule has 1 fully saturated rings. The highest BCUT2D eigenvalue weighted by molar-refractivity contribution is 5.25. The molecule has 1 aliphatic rings. The van der Waals surface area contributed by atoms with Crippen molar-refractivity contribution in [2.45, 2.75) is 46.2 Å². The highest BCUT2D eigenvalue weighted by Gasteiger charge is 2.24. The maximum absolute atomic E-state index is 14.0. The van der Waals surface area contributed by atoms with Crippen molar-refractivity contribution in [2.75, 3.05) is 19.6 Å². The lowest BCUT2D eigenvalue weighted by Crippen LogP contribution is -2.26. The van der Waals surface area contributed by atoms with Gasteiger partial charge in [0, 0.05) is 25.2 Å². The zero-order chi connectivity index (χ0) is 14.4. The summed E-state index contributed by atoms with van der Waals surface area (Å²) in [5.41, 5.74) is 2.01. The van der Waals surface area contributed by atoms with Crippen molar-refractivity contribution in [1.29, 1.82) is 0 Å². The summed E-state index contributed by atoms with van der Waals surface area (Å²) in [6.45, 7) is 9.00. The van der Waals surface area contributed by atoms with Gasteiger partial charge in [-0.2, -0.15) is 0 Å². The van der Waals surface area contributed by atoms with Crippen molar-refractivity contribution >= 4 is 0 Å². The van der Waals surface area contributed by atoms with Crippen LogP contribution in [-0.2, 0) is 13.1 Å². The fourth-order valence-electron chi connectivity index (χ4n) is 2.48. The first-order chi connectivity index (χ1) is 9.72. The molecule has 1 N–H and O–H groups in total. The molecule has 20 heavy (non-hydrogen) atoms. The second kappa shape index (κ2) is 7.75. The van der Waals surface area contributed by atoms with Crippen molar-refractivity contribution in [2.24, 2.45) is 5.92 Å². The molecular formula is C17H27FN2. The summed E-state index contributed by atoms with van der Waals surface area (Å²) in [5.74, 6) is 0.783. The second-order valence-corrected chi connectivity index (χ2v) is 5.87. The van der Waals surface area contributed by atoms with Gasteiger partial charge >= 0.3 is 0 Å². The number of nitrogens with one attached hydrogen (secondary N) is 1. The van der Waals surface area contributed by atoms with E-state index in [1.807, 2.05) is 12.1 Å². The Morgan fingerprint density at radius 1 is 1.30 bits per heavy atom. The Bertz CT molecular complexity index is 415. The summed E-state index contributed by atoms with van der Waals surface area (Å²) in [4.78, 5) is 2.36. The van der Waals surface area contributed by atoms with E-state index in [1.54, 1.807) is 6.07 Å². The normalized spacial score (nSPS) is 15.0. The minimum atomic E-state index is -0.0708. The molecule has 1 saturated carbocycles. The van der Waals surface area contributed by atoms with Gasteiger partial charge < -0.3 is 5.32 Å². The van der Waals surface area contributed by atoms with Crippen LogP contribution < -0.4 is 5.32 Å². The lowest BCUT2D eigenvalue weighted by Gasteiger charge is -2.21. The van der Waals surface area contributed by atoms with Crippen LogP contribution in [0.2, 0.25) is 0 Å². The summed E-state index contributed by atoms with van der Waals surface area (Å²) >= 11 is 0. The molecule has 0 heterocycles. The predicted octanol–water partition coefficient (Wildman–Crippen LogP) is 3.56. The summed E-state index contributed by atoms with van der Waals surface area (Å²) in [6.07, 6.45) is 3.82. The number of rotatable bonds is 9. The van der Waals surface area contributed by atoms with Crippen LogP contribution in [0.5, 0.6) is 0 Å². The molecule has 0 aromatic heterocycles. The van der Waals surface area contributed by atoms with Crippen LogP contribution in [0.1, 0.15) is 44.2 Å². The first kappa shape index (κ1) is 15.5. The van der Waals surface area contributed by atoms with Gasteiger partial charge in [-0.3, -0.25) is 4.90 Å². The molecule has 1 aromatic rings. The summed E-state index contributed by atoms with van der Waals surface area (Å²) in [5, 5.41) is 3.37. The minimum Gasteiger partial charge on any atom is -0.313 e. The number of hydrogen-bond acceptors (Lipinski definition) is 2. The van der Waals surface area contributed by atoms with E-state index in [0.29, 0.717) is 0 Å². The molecule has 0 radical (unpaired) electrons. The van der Waals surface area contributed by atoms with Crippen LogP contribution in [0, 0.1) is 11.7 Å². The molecule has 0 amide bonds. The molecule has 112 valence electrons. The highest BCUT2D eigenvalue weighted by Crippen LogP contribution is 2.30. The van der Waals surface area contributed by atoms with Gasteiger partial charge in [-0.15, -0.1) is 0 Å². The molecule has 1 aliphatic carbocycles. The van der Waals surface area contributed by atoms with Gasteiger partial charge in [0.05, 0.1) is 0 Å². The summed E-state index contributed by atoms with van der Waals surface area (Å²) < 4.78 is 14.0. The van der Waals surface area contributed by atoms with E-state index in [0.717, 1.165) is 50.6 Å². The summed E-state index contributed by atoms with van der Waals surface area (Å²) in [7, 11) is 0. The van der Waals surface area contributed by atoms with Crippen molar-refractivity contribution in [3.05, 3.63) is 35.1 Å². The molecule has 0 spiro atoms. The first-order valence-corrected chi connectivity index (χ1v) is 7.93. The molecule has 0 bridgehead atoms. The molecule has 3 heteroatoms. The van der Waals surface area contributed by atoms with Crippen LogP contribution in [0.15, 0.2) is 18.2 Å². The lowest BCUT2D eigenvalue weighted by atomic mass is 10.1. The van der Waals surface area contributed by atoms with Crippen molar-refractivity contribution in [1.82, 2.24) is 10.2 Å². The monoisotopic (exact) mass is 278 g/mol. The molecule has 1 aromatic carbocycles. The Morgan fingerprint density at radius 2 is 2.10 bits per heavy atom. The van der Waals surface area contributed by atoms with Gasteiger partial charge in [0.1, 0.15) is 5.82 Å². The van der Waals surface area contributed by atoms with Crippen LogP contribution in [-0.4, -0.2) is 24.5 Å². The Balaban J connectivity index is 1.95. The van der Waals surface area contributed by atoms with E-state index < -0.39 is 0 Å². The Hall–Kier alpha value is -0.930. The molecule has 2 rings (SSSR count). The summed E-state index contributed by atoms with van der Waals surface area (Å²) in [6, 6.07) is 5.52. The predicted molar refractivity (Wildman–Crippen MR) is 82.1 cm³/mol. The second-order valence-electron chi connectivity index (χ2n) is 5.87. The molecular weight excluding hydrogens is 251 g/mol. The topological polar surface area (TPSA) is 15.3 Å². The maximum Gasteiger partial charge on any atom is 0.127 e. The third-order valence-corrected chi connectivity index (χ3v) is 3.92. The van der Waals surface area contributed by atoms with Gasteiger partial charge in [0.15, 0.2) is 0 Å². The van der Waals surface area contributed by atoms with Crippen LogP contribution >= 0.6 is 0 Å². The molecule has 0 aliphatic heterocycles. The van der Waals surface area contributed by atoms with E-state index in [2.05, 4.69) is 24.1 Å². The quantitative estimate of drug-likeness (QED) is 0.695. The Morgan fingerprint density at radius 3 is 2.75 bits per heavy atom. The largest absolute Gasteiger partial charge is 0.313 e. The highest BCUT2D eigenvalue weighted by atomic mass is 19.1. The molecule has 0 atom stereocenters. The Labute approximate surface area is 122 Å². The van der Waals surface area contributed by atoms with Crippen molar-refractivity contribution in [3.63, 3.8) is 0 Å². The van der Waals surface area contributed by atoms with Gasteiger partial charge in [0.2, 0.25) is 0 Å². The van der Waals surface area contributed by atoms with Crippen LogP contribution in [0.3, 0.4) is 0 Å². The van der Waals surface area contributed by atoms with Crippen molar-refractivity contribution in [3.8, 4) is 0 Å². The SMILES string of the molecule is CCCNCc1ccc(F)c(CN(CC)CC2CC2)c1. The lowest BCUT2D eigenvalue weighted by molar-refractivity contribution is 0.264. The average molecular weight is 278 g/mol. The average Bonchev–Trinajstić information content (AvgIpc) is 3.25. The number of halogens is 1. The first-order valence-electron chi connectivity index (χ1n) is 7.93. The molecule has 0 saturated heterocycles. The van der Waals surface area contributed by atoms with E-state index in [4.69, 9.17) is 0 Å². The van der Waals surface area contributed by atoms with Crippen LogP contribution in [0.25, 0.3) is 0 Å². The molecule has 0 unspecified atom stereocenters. The van der Waals surface area contributed by atoms with E-state index in [1.165, 1.54) is 18.4 Å². The van der Waals surface area contributed by atoms with Crippen molar-refractivity contribution < 1.29 is 4.39 Å². The minimum absolute atomic E-state index is 0.0708.